The molecule has 0 fully saturated rings. The topological polar surface area (TPSA) is 93.1 Å². The molecule has 0 aliphatic heterocycles. The molecule has 3 aromatic carbocycles. The maximum atomic E-state index is 13.8. The Bertz CT molecular complexity index is 1430. The van der Waals surface area contributed by atoms with Gasteiger partial charge in [-0.15, -0.1) is 0 Å². The predicted octanol–water partition coefficient (Wildman–Crippen LogP) is 4.92. The second-order valence-electron chi connectivity index (χ2n) is 8.11. The van der Waals surface area contributed by atoms with Crippen molar-refractivity contribution in [2.45, 2.75) is 33.2 Å². The van der Waals surface area contributed by atoms with Crippen LogP contribution in [0.1, 0.15) is 31.9 Å². The summed E-state index contributed by atoms with van der Waals surface area (Å²) in [7, 11) is 0. The van der Waals surface area contributed by atoms with Crippen LogP contribution in [0.5, 0.6) is 0 Å². The van der Waals surface area contributed by atoms with Crippen LogP contribution in [-0.4, -0.2) is 21.4 Å². The maximum absolute atomic E-state index is 13.8. The number of benzene rings is 3. The average Bonchev–Trinajstić information content (AvgIpc) is 2.85. The lowest BCUT2D eigenvalue weighted by Crippen LogP contribution is -2.33. The number of amides is 2. The molecule has 2 N–H and O–H groups in total. The van der Waals surface area contributed by atoms with E-state index in [9.17, 15) is 14.4 Å². The van der Waals surface area contributed by atoms with Crippen molar-refractivity contribution < 1.29 is 9.59 Å². The average molecular weight is 455 g/mol. The molecule has 0 aliphatic carbocycles. The Hall–Kier alpha value is -4.26. The molecule has 0 spiro atoms. The highest BCUT2D eigenvalue weighted by atomic mass is 16.2. The zero-order valence-electron chi connectivity index (χ0n) is 19.3. The number of hydrogen-bond acceptors (Lipinski definition) is 4. The molecule has 1 atom stereocenters. The number of rotatable bonds is 6. The lowest BCUT2D eigenvalue weighted by Gasteiger charge is -2.20. The number of fused-ring (bicyclic) bond motifs is 1. The molecular formula is C27H26N4O3. The van der Waals surface area contributed by atoms with E-state index in [1.807, 2.05) is 43.3 Å². The minimum Gasteiger partial charge on any atom is -0.325 e. The summed E-state index contributed by atoms with van der Waals surface area (Å²) in [6, 6.07) is 21.0. The molecule has 0 unspecified atom stereocenters. The third-order valence-corrected chi connectivity index (χ3v) is 5.63. The number of nitrogens with one attached hydrogen (secondary N) is 2. The zero-order valence-corrected chi connectivity index (χ0v) is 19.3. The highest BCUT2D eigenvalue weighted by Crippen LogP contribution is 2.28. The van der Waals surface area contributed by atoms with E-state index in [1.54, 1.807) is 50.2 Å². The molecule has 0 saturated heterocycles. The molecule has 1 aromatic heterocycles. The van der Waals surface area contributed by atoms with E-state index in [0.29, 0.717) is 34.4 Å². The van der Waals surface area contributed by atoms with Crippen molar-refractivity contribution in [2.24, 2.45) is 0 Å². The Morgan fingerprint density at radius 1 is 0.971 bits per heavy atom. The minimum absolute atomic E-state index is 0.165. The summed E-state index contributed by atoms with van der Waals surface area (Å²) in [5.74, 6) is -0.485. The first-order chi connectivity index (χ1) is 16.4. The van der Waals surface area contributed by atoms with Crippen molar-refractivity contribution in [1.82, 2.24) is 9.55 Å². The van der Waals surface area contributed by atoms with E-state index in [2.05, 4.69) is 15.6 Å². The summed E-state index contributed by atoms with van der Waals surface area (Å²) in [4.78, 5) is 43.7. The highest BCUT2D eigenvalue weighted by Gasteiger charge is 2.23. The number of aryl methyl sites for hydroxylation is 1. The van der Waals surface area contributed by atoms with Crippen LogP contribution in [0.4, 0.5) is 11.4 Å². The number of carbonyl (C=O) groups excluding carboxylic acids is 2. The van der Waals surface area contributed by atoms with Crippen molar-refractivity contribution >= 4 is 34.2 Å². The van der Waals surface area contributed by atoms with Crippen molar-refractivity contribution in [3.8, 4) is 11.3 Å². The first kappa shape index (κ1) is 22.9. The molecule has 0 aliphatic rings. The summed E-state index contributed by atoms with van der Waals surface area (Å²) < 4.78 is 1.46. The van der Waals surface area contributed by atoms with E-state index in [1.165, 1.54) is 4.57 Å². The number of aromatic nitrogens is 2. The molecular weight excluding hydrogens is 428 g/mol. The Labute approximate surface area is 197 Å². The summed E-state index contributed by atoms with van der Waals surface area (Å²) in [5, 5.41) is 5.73. The van der Waals surface area contributed by atoms with Crippen molar-refractivity contribution in [2.75, 3.05) is 10.6 Å². The molecule has 172 valence electrons. The van der Waals surface area contributed by atoms with Gasteiger partial charge in [0.2, 0.25) is 11.8 Å². The third kappa shape index (κ3) is 4.59. The van der Waals surface area contributed by atoms with Gasteiger partial charge in [-0.3, -0.25) is 19.0 Å². The van der Waals surface area contributed by atoms with Gasteiger partial charge in [0.05, 0.1) is 16.7 Å². The first-order valence-corrected chi connectivity index (χ1v) is 11.2. The fourth-order valence-corrected chi connectivity index (χ4v) is 3.80. The van der Waals surface area contributed by atoms with Crippen molar-refractivity contribution in [1.29, 1.82) is 0 Å². The summed E-state index contributed by atoms with van der Waals surface area (Å²) in [5.41, 5.74) is 3.48. The van der Waals surface area contributed by atoms with Gasteiger partial charge in [-0.05, 0) is 50.2 Å². The van der Waals surface area contributed by atoms with Crippen LogP contribution in [0.25, 0.3) is 22.3 Å². The van der Waals surface area contributed by atoms with Gasteiger partial charge < -0.3 is 10.6 Å². The monoisotopic (exact) mass is 454 g/mol. The first-order valence-electron chi connectivity index (χ1n) is 11.2. The number of carbonyl (C=O) groups is 2. The largest absolute Gasteiger partial charge is 0.325 e. The van der Waals surface area contributed by atoms with Gasteiger partial charge >= 0.3 is 0 Å². The fraction of sp³-hybridized carbons (Fsp3) is 0.185. The van der Waals surface area contributed by atoms with Crippen LogP contribution in [0.15, 0.2) is 77.6 Å². The normalized spacial score (nSPS) is 11.7. The number of hydrogen-bond donors (Lipinski definition) is 2. The summed E-state index contributed by atoms with van der Waals surface area (Å²) in [6.45, 7) is 5.35. The van der Waals surface area contributed by atoms with Crippen LogP contribution in [0, 0.1) is 6.92 Å². The minimum atomic E-state index is -0.808. The van der Waals surface area contributed by atoms with Crippen molar-refractivity contribution in [3.63, 3.8) is 0 Å². The van der Waals surface area contributed by atoms with Gasteiger partial charge in [-0.1, -0.05) is 48.9 Å². The van der Waals surface area contributed by atoms with Gasteiger partial charge in [-0.2, -0.15) is 0 Å². The van der Waals surface area contributed by atoms with Crippen LogP contribution >= 0.6 is 0 Å². The predicted molar refractivity (Wildman–Crippen MR) is 135 cm³/mol. The van der Waals surface area contributed by atoms with Crippen LogP contribution in [-0.2, 0) is 9.59 Å². The van der Waals surface area contributed by atoms with Crippen molar-refractivity contribution in [3.05, 3.63) is 88.7 Å². The lowest BCUT2D eigenvalue weighted by molar-refractivity contribution is -0.119. The SMILES string of the molecule is CCC(=O)Nc1ccc(C)cc1-c1nc2ccccc2n([C@@H](C)C(=O)Nc2ccccc2)c1=O. The Morgan fingerprint density at radius 3 is 2.41 bits per heavy atom. The quantitative estimate of drug-likeness (QED) is 0.432. The number of para-hydroxylation sites is 3. The molecule has 0 radical (unpaired) electrons. The fourth-order valence-electron chi connectivity index (χ4n) is 3.80. The third-order valence-electron chi connectivity index (χ3n) is 5.63. The summed E-state index contributed by atoms with van der Waals surface area (Å²) in [6.07, 6.45) is 0.305. The van der Waals surface area contributed by atoms with Gasteiger partial charge in [0.15, 0.2) is 0 Å². The van der Waals surface area contributed by atoms with E-state index < -0.39 is 11.6 Å². The molecule has 34 heavy (non-hydrogen) atoms. The molecule has 1 heterocycles. The Kier molecular flexibility index (Phi) is 6.54. The summed E-state index contributed by atoms with van der Waals surface area (Å²) >= 11 is 0. The highest BCUT2D eigenvalue weighted by molar-refractivity contribution is 5.96. The van der Waals surface area contributed by atoms with E-state index in [-0.39, 0.29) is 17.5 Å². The van der Waals surface area contributed by atoms with E-state index >= 15 is 0 Å². The Balaban J connectivity index is 1.88. The molecule has 2 amide bonds. The smallest absolute Gasteiger partial charge is 0.278 e. The van der Waals surface area contributed by atoms with E-state index in [0.717, 1.165) is 5.56 Å². The second kappa shape index (κ2) is 9.70. The zero-order chi connectivity index (χ0) is 24.2. The van der Waals surface area contributed by atoms with Gasteiger partial charge in [0.25, 0.3) is 5.56 Å². The van der Waals surface area contributed by atoms with Gasteiger partial charge in [0.1, 0.15) is 11.7 Å². The van der Waals surface area contributed by atoms with Gasteiger partial charge in [-0.25, -0.2) is 4.98 Å². The van der Waals surface area contributed by atoms with E-state index in [4.69, 9.17) is 0 Å². The standard InChI is InChI=1S/C27H26N4O3/c1-4-24(32)29-21-15-14-17(2)16-20(21)25-27(34)31(23-13-9-8-12-22(23)30-25)18(3)26(33)28-19-10-6-5-7-11-19/h5-16,18H,4H2,1-3H3,(H,28,33)(H,29,32)/t18-/m0/s1. The van der Waals surface area contributed by atoms with Crippen LogP contribution < -0.4 is 16.2 Å². The molecule has 7 heteroatoms. The second-order valence-corrected chi connectivity index (χ2v) is 8.11. The molecule has 4 rings (SSSR count). The maximum Gasteiger partial charge on any atom is 0.278 e. The molecule has 0 saturated carbocycles. The molecule has 4 aromatic rings. The van der Waals surface area contributed by atoms with Crippen LogP contribution in [0.3, 0.4) is 0 Å². The number of anilines is 2. The van der Waals surface area contributed by atoms with Crippen LogP contribution in [0.2, 0.25) is 0 Å². The van der Waals surface area contributed by atoms with Gasteiger partial charge in [0, 0.05) is 17.7 Å². The number of nitrogens with zero attached hydrogens (tertiary/aromatic N) is 2. The lowest BCUT2D eigenvalue weighted by atomic mass is 10.1. The molecule has 7 nitrogen and oxygen atoms in total. The Morgan fingerprint density at radius 2 is 1.68 bits per heavy atom. The molecule has 0 bridgehead atoms.